The molecule has 0 unspecified atom stereocenters. The number of imide groups is 1. The predicted molar refractivity (Wildman–Crippen MR) is 111 cm³/mol. The van der Waals surface area contributed by atoms with Gasteiger partial charge in [0.25, 0.3) is 5.91 Å². The van der Waals surface area contributed by atoms with E-state index in [1.807, 2.05) is 0 Å². The summed E-state index contributed by atoms with van der Waals surface area (Å²) >= 11 is 1.81. The minimum Gasteiger partial charge on any atom is -0.355 e. The minimum absolute atomic E-state index is 0.185. The Morgan fingerprint density at radius 1 is 1.14 bits per heavy atom. The third-order valence-corrected chi connectivity index (χ3v) is 7.78. The lowest BCUT2D eigenvalue weighted by atomic mass is 9.81. The standard InChI is InChI=1S/C21H30N4O3S/c1-24-20(28)25(19(27)21(24)11-5-2-6-12-21)14-17(26)22-13-7-10-18-23-15-8-3-4-9-16(15)29-18/h2-14H2,1H3,(H,22,26). The molecule has 1 saturated heterocycles. The van der Waals surface area contributed by atoms with Crippen LogP contribution in [0.2, 0.25) is 0 Å². The molecule has 8 heteroatoms. The number of fused-ring (bicyclic) bond motifs is 1. The van der Waals surface area contributed by atoms with Crippen molar-refractivity contribution in [2.24, 2.45) is 0 Å². The number of aryl methyl sites for hydroxylation is 3. The maximum absolute atomic E-state index is 12.9. The number of aromatic nitrogens is 1. The van der Waals surface area contributed by atoms with E-state index in [4.69, 9.17) is 4.98 Å². The number of carbonyl (C=O) groups is 3. The van der Waals surface area contributed by atoms with Gasteiger partial charge in [0, 0.05) is 24.9 Å². The van der Waals surface area contributed by atoms with Crippen molar-refractivity contribution in [3.63, 3.8) is 0 Å². The number of thiazole rings is 1. The lowest BCUT2D eigenvalue weighted by Gasteiger charge is -2.35. The Labute approximate surface area is 175 Å². The van der Waals surface area contributed by atoms with Crippen LogP contribution >= 0.6 is 11.3 Å². The highest BCUT2D eigenvalue weighted by Crippen LogP contribution is 2.39. The molecule has 1 aromatic rings. The van der Waals surface area contributed by atoms with E-state index < -0.39 is 5.54 Å². The summed E-state index contributed by atoms with van der Waals surface area (Å²) in [6, 6.07) is -0.347. The first-order valence-electron chi connectivity index (χ1n) is 10.9. The maximum Gasteiger partial charge on any atom is 0.327 e. The van der Waals surface area contributed by atoms with Crippen molar-refractivity contribution in [1.29, 1.82) is 0 Å². The molecule has 1 N–H and O–H groups in total. The van der Waals surface area contributed by atoms with Gasteiger partial charge in [0.2, 0.25) is 5.91 Å². The van der Waals surface area contributed by atoms with Gasteiger partial charge in [-0.1, -0.05) is 19.3 Å². The van der Waals surface area contributed by atoms with Crippen LogP contribution in [0.25, 0.3) is 0 Å². The smallest absolute Gasteiger partial charge is 0.327 e. The van der Waals surface area contributed by atoms with E-state index in [0.29, 0.717) is 19.4 Å². The molecule has 4 amide bonds. The molecule has 2 aliphatic carbocycles. The van der Waals surface area contributed by atoms with Gasteiger partial charge in [0.1, 0.15) is 12.1 Å². The van der Waals surface area contributed by atoms with Crippen molar-refractivity contribution in [2.45, 2.75) is 76.2 Å². The van der Waals surface area contributed by atoms with Crippen LogP contribution in [0.15, 0.2) is 0 Å². The zero-order chi connectivity index (χ0) is 20.4. The van der Waals surface area contributed by atoms with Crippen LogP contribution in [0.5, 0.6) is 0 Å². The summed E-state index contributed by atoms with van der Waals surface area (Å²) < 4.78 is 0. The van der Waals surface area contributed by atoms with Crippen LogP contribution in [0, 0.1) is 0 Å². The minimum atomic E-state index is -0.723. The van der Waals surface area contributed by atoms with E-state index in [2.05, 4.69) is 5.32 Å². The molecule has 0 aromatic carbocycles. The number of urea groups is 1. The van der Waals surface area contributed by atoms with Crippen molar-refractivity contribution in [3.8, 4) is 0 Å². The van der Waals surface area contributed by atoms with Crippen LogP contribution in [0.1, 0.15) is 66.9 Å². The second-order valence-electron chi connectivity index (χ2n) is 8.46. The van der Waals surface area contributed by atoms with Gasteiger partial charge in [-0.2, -0.15) is 0 Å². The van der Waals surface area contributed by atoms with E-state index >= 15 is 0 Å². The molecule has 158 valence electrons. The Kier molecular flexibility index (Phi) is 5.90. The zero-order valence-corrected chi connectivity index (χ0v) is 18.0. The SMILES string of the molecule is CN1C(=O)N(CC(=O)NCCCc2nc3c(s2)CCCC3)C(=O)C12CCCCC2. The Balaban J connectivity index is 1.25. The number of nitrogens with one attached hydrogen (secondary N) is 1. The van der Waals surface area contributed by atoms with Crippen molar-refractivity contribution in [1.82, 2.24) is 20.1 Å². The number of amides is 4. The molecule has 3 aliphatic rings. The van der Waals surface area contributed by atoms with Gasteiger partial charge in [0.05, 0.1) is 10.7 Å². The summed E-state index contributed by atoms with van der Waals surface area (Å²) in [6.07, 6.45) is 10.8. The molecule has 2 fully saturated rings. The van der Waals surface area contributed by atoms with Crippen LogP contribution in [0.3, 0.4) is 0 Å². The van der Waals surface area contributed by atoms with Crippen molar-refractivity contribution >= 4 is 29.2 Å². The molecule has 29 heavy (non-hydrogen) atoms. The first-order valence-corrected chi connectivity index (χ1v) is 11.7. The van der Waals surface area contributed by atoms with Crippen molar-refractivity contribution in [2.75, 3.05) is 20.1 Å². The topological polar surface area (TPSA) is 82.6 Å². The van der Waals surface area contributed by atoms with E-state index in [9.17, 15) is 14.4 Å². The molecule has 0 radical (unpaired) electrons. The lowest BCUT2D eigenvalue weighted by molar-refractivity contribution is -0.137. The number of carbonyl (C=O) groups excluding carboxylic acids is 3. The molecule has 2 heterocycles. The lowest BCUT2D eigenvalue weighted by Crippen LogP contribution is -2.49. The average Bonchev–Trinajstić information content (AvgIpc) is 3.22. The molecule has 1 aromatic heterocycles. The summed E-state index contributed by atoms with van der Waals surface area (Å²) in [5, 5.41) is 4.01. The summed E-state index contributed by atoms with van der Waals surface area (Å²) in [7, 11) is 1.69. The second kappa shape index (κ2) is 8.42. The Hall–Kier alpha value is -1.96. The molecular weight excluding hydrogens is 388 g/mol. The highest BCUT2D eigenvalue weighted by Gasteiger charge is 2.55. The Morgan fingerprint density at radius 2 is 1.90 bits per heavy atom. The van der Waals surface area contributed by atoms with Crippen molar-refractivity contribution in [3.05, 3.63) is 15.6 Å². The van der Waals surface area contributed by atoms with Gasteiger partial charge in [0.15, 0.2) is 0 Å². The number of hydrogen-bond acceptors (Lipinski definition) is 5. The molecule has 1 aliphatic heterocycles. The third kappa shape index (κ3) is 3.91. The maximum atomic E-state index is 12.9. The molecule has 1 spiro atoms. The van der Waals surface area contributed by atoms with E-state index in [1.165, 1.54) is 23.4 Å². The van der Waals surface area contributed by atoms with Crippen molar-refractivity contribution < 1.29 is 14.4 Å². The molecule has 7 nitrogen and oxygen atoms in total. The monoisotopic (exact) mass is 418 g/mol. The first kappa shape index (κ1) is 20.3. The number of nitrogens with zero attached hydrogens (tertiary/aromatic N) is 3. The zero-order valence-electron chi connectivity index (χ0n) is 17.2. The van der Waals surface area contributed by atoms with Crippen LogP contribution < -0.4 is 5.32 Å². The molecule has 0 bridgehead atoms. The predicted octanol–water partition coefficient (Wildman–Crippen LogP) is 2.67. The van der Waals surface area contributed by atoms with Gasteiger partial charge in [-0.05, 0) is 44.9 Å². The Bertz CT molecular complexity index is 776. The molecular formula is C21H30N4O3S. The fraction of sp³-hybridized carbons (Fsp3) is 0.714. The summed E-state index contributed by atoms with van der Waals surface area (Å²) in [5.74, 6) is -0.473. The fourth-order valence-electron chi connectivity index (χ4n) is 4.85. The normalized spacial score (nSPS) is 21.0. The van der Waals surface area contributed by atoms with Gasteiger partial charge in [-0.3, -0.25) is 14.5 Å². The van der Waals surface area contributed by atoms with E-state index in [-0.39, 0.29) is 24.4 Å². The van der Waals surface area contributed by atoms with Crippen LogP contribution in [-0.4, -0.2) is 58.3 Å². The second-order valence-corrected chi connectivity index (χ2v) is 9.63. The average molecular weight is 419 g/mol. The highest BCUT2D eigenvalue weighted by atomic mass is 32.1. The summed E-state index contributed by atoms with van der Waals surface area (Å²) in [6.45, 7) is 0.343. The van der Waals surface area contributed by atoms with Crippen LogP contribution in [-0.2, 0) is 28.9 Å². The Morgan fingerprint density at radius 3 is 2.66 bits per heavy atom. The first-order chi connectivity index (χ1) is 14.0. The van der Waals surface area contributed by atoms with E-state index in [0.717, 1.165) is 54.9 Å². The molecule has 4 rings (SSSR count). The fourth-order valence-corrected chi connectivity index (χ4v) is 6.05. The number of likely N-dealkylation sites (N-methyl/N-ethyl adjacent to an activating group) is 1. The largest absolute Gasteiger partial charge is 0.355 e. The van der Waals surface area contributed by atoms with E-state index in [1.54, 1.807) is 23.3 Å². The highest BCUT2D eigenvalue weighted by molar-refractivity contribution is 7.11. The number of hydrogen-bond donors (Lipinski definition) is 1. The van der Waals surface area contributed by atoms with Gasteiger partial charge in [-0.25, -0.2) is 9.78 Å². The van der Waals surface area contributed by atoms with Gasteiger partial charge in [-0.15, -0.1) is 11.3 Å². The third-order valence-electron chi connectivity index (χ3n) is 6.57. The summed E-state index contributed by atoms with van der Waals surface area (Å²) in [4.78, 5) is 46.7. The summed E-state index contributed by atoms with van der Waals surface area (Å²) in [5.41, 5.74) is 0.548. The quantitative estimate of drug-likeness (QED) is 0.569. The van der Waals surface area contributed by atoms with Gasteiger partial charge < -0.3 is 10.2 Å². The number of rotatable bonds is 6. The molecule has 0 atom stereocenters. The van der Waals surface area contributed by atoms with Gasteiger partial charge >= 0.3 is 6.03 Å². The van der Waals surface area contributed by atoms with Crippen LogP contribution in [0.4, 0.5) is 4.79 Å². The molecule has 1 saturated carbocycles.